The van der Waals surface area contributed by atoms with E-state index in [9.17, 15) is 13.6 Å². The van der Waals surface area contributed by atoms with Gasteiger partial charge in [0.15, 0.2) is 0 Å². The second kappa shape index (κ2) is 7.93. The predicted octanol–water partition coefficient (Wildman–Crippen LogP) is 3.97. The zero-order valence-electron chi connectivity index (χ0n) is 13.7. The lowest BCUT2D eigenvalue weighted by atomic mass is 10.2. The van der Waals surface area contributed by atoms with Crippen LogP contribution in [0.2, 0.25) is 5.02 Å². The van der Waals surface area contributed by atoms with Crippen LogP contribution in [0, 0.1) is 11.6 Å². The second-order valence-corrected chi connectivity index (χ2v) is 6.58. The fourth-order valence-electron chi connectivity index (χ4n) is 3.01. The third-order valence-corrected chi connectivity index (χ3v) is 4.67. The normalized spacial score (nSPS) is 15.9. The average Bonchev–Trinajstić information content (AvgIpc) is 2.82. The van der Waals surface area contributed by atoms with Crippen molar-refractivity contribution < 1.29 is 13.6 Å². The Kier molecular flexibility index (Phi) is 5.66. The van der Waals surface area contributed by atoms with Crippen molar-refractivity contribution >= 4 is 17.5 Å². The van der Waals surface area contributed by atoms with Gasteiger partial charge >= 0.3 is 0 Å². The van der Waals surface area contributed by atoms with E-state index < -0.39 is 5.82 Å². The molecule has 1 saturated heterocycles. The highest BCUT2D eigenvalue weighted by Crippen LogP contribution is 2.20. The van der Waals surface area contributed by atoms with Crippen molar-refractivity contribution in [2.24, 2.45) is 0 Å². The molecular weight excluding hydrogens is 346 g/mol. The molecule has 3 nitrogen and oxygen atoms in total. The van der Waals surface area contributed by atoms with Crippen LogP contribution in [0.5, 0.6) is 0 Å². The number of benzene rings is 2. The molecule has 0 aromatic heterocycles. The van der Waals surface area contributed by atoms with E-state index in [4.69, 9.17) is 11.6 Å². The van der Waals surface area contributed by atoms with Crippen molar-refractivity contribution in [3.8, 4) is 0 Å². The third kappa shape index (κ3) is 4.55. The van der Waals surface area contributed by atoms with Crippen molar-refractivity contribution in [3.05, 3.63) is 70.2 Å². The van der Waals surface area contributed by atoms with Crippen molar-refractivity contribution in [2.45, 2.75) is 13.0 Å². The number of hydrogen-bond donors (Lipinski definition) is 0. The molecule has 3 rings (SSSR count). The molecule has 6 heteroatoms. The minimum absolute atomic E-state index is 0.136. The summed E-state index contributed by atoms with van der Waals surface area (Å²) in [7, 11) is 0. The van der Waals surface area contributed by atoms with Crippen LogP contribution in [0.1, 0.15) is 22.3 Å². The van der Waals surface area contributed by atoms with Crippen LogP contribution in [0.15, 0.2) is 42.5 Å². The Morgan fingerprint density at radius 2 is 1.68 bits per heavy atom. The van der Waals surface area contributed by atoms with Gasteiger partial charge in [-0.3, -0.25) is 9.69 Å². The fourth-order valence-corrected chi connectivity index (χ4v) is 3.26. The third-order valence-electron chi connectivity index (χ3n) is 4.36. The maximum absolute atomic E-state index is 13.2. The van der Waals surface area contributed by atoms with Gasteiger partial charge in [-0.1, -0.05) is 23.7 Å². The lowest BCUT2D eigenvalue weighted by Crippen LogP contribution is -2.35. The van der Waals surface area contributed by atoms with E-state index >= 15 is 0 Å². The molecule has 0 aliphatic carbocycles. The van der Waals surface area contributed by atoms with Gasteiger partial charge < -0.3 is 4.90 Å². The lowest BCUT2D eigenvalue weighted by Gasteiger charge is -2.22. The molecule has 25 heavy (non-hydrogen) atoms. The van der Waals surface area contributed by atoms with Crippen molar-refractivity contribution in [2.75, 3.05) is 26.2 Å². The number of amides is 1. The summed E-state index contributed by atoms with van der Waals surface area (Å²) >= 11 is 6.00. The molecule has 0 atom stereocenters. The van der Waals surface area contributed by atoms with Crippen LogP contribution in [0.25, 0.3) is 0 Å². The van der Waals surface area contributed by atoms with E-state index in [-0.39, 0.29) is 16.7 Å². The van der Waals surface area contributed by atoms with Crippen LogP contribution < -0.4 is 0 Å². The molecule has 1 aliphatic heterocycles. The van der Waals surface area contributed by atoms with Gasteiger partial charge in [0.2, 0.25) is 0 Å². The van der Waals surface area contributed by atoms with E-state index in [1.165, 1.54) is 24.3 Å². The number of hydrogen-bond acceptors (Lipinski definition) is 2. The van der Waals surface area contributed by atoms with Gasteiger partial charge in [0.1, 0.15) is 11.6 Å². The first-order chi connectivity index (χ1) is 12.0. The molecule has 1 heterocycles. The SMILES string of the molecule is O=C(c1ccc(F)cc1Cl)N1CCCN(Cc2ccc(F)cc2)CC1. The molecule has 1 fully saturated rings. The Balaban J connectivity index is 1.62. The number of carbonyl (C=O) groups is 1. The summed E-state index contributed by atoms with van der Waals surface area (Å²) in [6.07, 6.45) is 0.839. The zero-order valence-corrected chi connectivity index (χ0v) is 14.5. The number of nitrogens with zero attached hydrogens (tertiary/aromatic N) is 2. The standard InChI is InChI=1S/C19H19ClF2N2O/c20-18-12-16(22)6-7-17(18)19(25)24-9-1-8-23(10-11-24)13-14-2-4-15(21)5-3-14/h2-7,12H,1,8-11,13H2. The number of rotatable bonds is 3. The van der Waals surface area contributed by atoms with Crippen molar-refractivity contribution in [1.29, 1.82) is 0 Å². The van der Waals surface area contributed by atoms with Crippen LogP contribution in [-0.2, 0) is 6.54 Å². The molecule has 0 radical (unpaired) electrons. The Bertz CT molecular complexity index is 752. The van der Waals surface area contributed by atoms with Crippen molar-refractivity contribution in [1.82, 2.24) is 9.80 Å². The highest BCUT2D eigenvalue weighted by atomic mass is 35.5. The minimum atomic E-state index is -0.456. The van der Waals surface area contributed by atoms with E-state index in [0.717, 1.165) is 37.7 Å². The molecular formula is C19H19ClF2N2O. The maximum atomic E-state index is 13.2. The first-order valence-corrected chi connectivity index (χ1v) is 8.62. The quantitative estimate of drug-likeness (QED) is 0.822. The van der Waals surface area contributed by atoms with Gasteiger partial charge in [-0.05, 0) is 42.3 Å². The van der Waals surface area contributed by atoms with Crippen LogP contribution >= 0.6 is 11.6 Å². The fraction of sp³-hybridized carbons (Fsp3) is 0.316. The Labute approximate surface area is 150 Å². The largest absolute Gasteiger partial charge is 0.337 e. The number of carbonyl (C=O) groups excluding carboxylic acids is 1. The molecule has 1 amide bonds. The first kappa shape index (κ1) is 17.8. The summed E-state index contributed by atoms with van der Waals surface area (Å²) in [5.74, 6) is -0.871. The predicted molar refractivity (Wildman–Crippen MR) is 93.6 cm³/mol. The van der Waals surface area contributed by atoms with Gasteiger partial charge in [-0.15, -0.1) is 0 Å². The lowest BCUT2D eigenvalue weighted by molar-refractivity contribution is 0.0761. The summed E-state index contributed by atoms with van der Waals surface area (Å²) in [6, 6.07) is 10.3. The van der Waals surface area contributed by atoms with Gasteiger partial charge in [0.25, 0.3) is 5.91 Å². The van der Waals surface area contributed by atoms with E-state index in [2.05, 4.69) is 4.90 Å². The smallest absolute Gasteiger partial charge is 0.255 e. The van der Waals surface area contributed by atoms with Gasteiger partial charge in [-0.2, -0.15) is 0 Å². The van der Waals surface area contributed by atoms with Gasteiger partial charge in [0, 0.05) is 32.7 Å². The van der Waals surface area contributed by atoms with Crippen LogP contribution in [0.4, 0.5) is 8.78 Å². The highest BCUT2D eigenvalue weighted by molar-refractivity contribution is 6.33. The van der Waals surface area contributed by atoms with Gasteiger partial charge in [0.05, 0.1) is 10.6 Å². The molecule has 2 aromatic carbocycles. The molecule has 2 aromatic rings. The summed E-state index contributed by atoms with van der Waals surface area (Å²) < 4.78 is 26.2. The second-order valence-electron chi connectivity index (χ2n) is 6.17. The minimum Gasteiger partial charge on any atom is -0.337 e. The summed E-state index contributed by atoms with van der Waals surface area (Å²) in [6.45, 7) is 3.51. The first-order valence-electron chi connectivity index (χ1n) is 8.24. The molecule has 0 bridgehead atoms. The summed E-state index contributed by atoms with van der Waals surface area (Å²) in [4.78, 5) is 16.6. The molecule has 0 spiro atoms. The molecule has 0 saturated carbocycles. The molecule has 0 unspecified atom stereocenters. The van der Waals surface area contributed by atoms with Crippen LogP contribution in [0.3, 0.4) is 0 Å². The van der Waals surface area contributed by atoms with E-state index in [1.807, 2.05) is 0 Å². The zero-order chi connectivity index (χ0) is 17.8. The Morgan fingerprint density at radius 1 is 0.960 bits per heavy atom. The molecule has 0 N–H and O–H groups in total. The van der Waals surface area contributed by atoms with Gasteiger partial charge in [-0.25, -0.2) is 8.78 Å². The maximum Gasteiger partial charge on any atom is 0.255 e. The van der Waals surface area contributed by atoms with Crippen LogP contribution in [-0.4, -0.2) is 41.9 Å². The monoisotopic (exact) mass is 364 g/mol. The Morgan fingerprint density at radius 3 is 2.40 bits per heavy atom. The summed E-state index contributed by atoms with van der Waals surface area (Å²) in [5, 5.41) is 0.136. The van der Waals surface area contributed by atoms with E-state index in [0.29, 0.717) is 18.7 Å². The topological polar surface area (TPSA) is 23.6 Å². The molecule has 1 aliphatic rings. The Hall–Kier alpha value is -1.98. The molecule has 132 valence electrons. The van der Waals surface area contributed by atoms with Crippen molar-refractivity contribution in [3.63, 3.8) is 0 Å². The average molecular weight is 365 g/mol. The van der Waals surface area contributed by atoms with E-state index in [1.54, 1.807) is 17.0 Å². The summed E-state index contributed by atoms with van der Waals surface area (Å²) in [5.41, 5.74) is 1.37. The number of halogens is 3. The highest BCUT2D eigenvalue weighted by Gasteiger charge is 2.22.